The largest absolute Gasteiger partial charge is 2.00 e. The summed E-state index contributed by atoms with van der Waals surface area (Å²) in [6.07, 6.45) is 19.7. The summed E-state index contributed by atoms with van der Waals surface area (Å²) in [4.78, 5) is 171. The zero-order valence-corrected chi connectivity index (χ0v) is 88.3. The van der Waals surface area contributed by atoms with E-state index in [1.165, 1.54) is 109 Å². The zero-order chi connectivity index (χ0) is 96.5. The number of esters is 2. The molecule has 137 heavy (non-hydrogen) atoms. The molecule has 11 heterocycles. The SMILES string of the molecule is C.C1CCNCC1.C1CCOC1.CC(C)(C)OC(=O)N1CCN(c2ncc(C(=O)O)cn2)CC1.CC(C)(C)OC(=O)N1CCN(c2ncc(C(=O)c3ccccc3)cn2)CC1.CCOC(=O)c1cnc(Cl)nc1.CCOC(=O)c1cnc(N2CCN(C(=O)OC(C)(C)C)CC2)nc1.CNOC.CON(C)C(=O)c1cnc(N2CCN(C(=O)OC(C)(C)C)CC2)nc1.Cl.[Br-].[Mg+2].[Na+].[OH-].[c-]1ccccc1. The van der Waals surface area contributed by atoms with Crippen LogP contribution in [0, 0.1) is 6.07 Å². The first-order valence-corrected chi connectivity index (χ1v) is 43.7. The van der Waals surface area contributed by atoms with E-state index in [-0.39, 0.29) is 142 Å². The number of benzene rings is 2. The molecule has 41 nitrogen and oxygen atoms in total. The molecule has 0 atom stereocenters. The second-order valence-corrected chi connectivity index (χ2v) is 33.5. The monoisotopic (exact) mass is 2040 g/mol. The van der Waals surface area contributed by atoms with Crippen molar-refractivity contribution in [1.82, 2.24) is 85.3 Å². The topological polar surface area (TPSA) is 469 Å². The van der Waals surface area contributed by atoms with E-state index in [1.807, 2.05) is 151 Å². The van der Waals surface area contributed by atoms with E-state index in [1.54, 1.807) is 72.1 Å². The maximum absolute atomic E-state index is 12.4. The van der Waals surface area contributed by atoms with Crippen molar-refractivity contribution in [3.63, 3.8) is 0 Å². The first kappa shape index (κ1) is 129. The van der Waals surface area contributed by atoms with Crippen LogP contribution in [0.2, 0.25) is 5.28 Å². The fraction of sp³-hybridized carbons (Fsp3) is 0.549. The number of carboxylic acid groups (broad SMARTS) is 1. The number of piperazine rings is 4. The Morgan fingerprint density at radius 1 is 0.453 bits per heavy atom. The van der Waals surface area contributed by atoms with Crippen LogP contribution in [-0.2, 0) is 42.8 Å². The molecule has 5 aromatic heterocycles. The Hall–Kier alpha value is -9.74. The fourth-order valence-corrected chi connectivity index (χ4v) is 11.7. The zero-order valence-electron chi connectivity index (χ0n) is 81.8. The van der Waals surface area contributed by atoms with Gasteiger partial charge < -0.3 is 110 Å². The Morgan fingerprint density at radius 2 is 0.737 bits per heavy atom. The van der Waals surface area contributed by atoms with Crippen molar-refractivity contribution in [2.24, 2.45) is 0 Å². The number of aromatic carboxylic acids is 1. The number of carbonyl (C=O) groups excluding carboxylic acids is 8. The number of ether oxygens (including phenoxy) is 7. The van der Waals surface area contributed by atoms with Crippen LogP contribution < -0.4 is 76.9 Å². The quantitative estimate of drug-likeness (QED) is 0.0230. The third kappa shape index (κ3) is 51.7. The normalized spacial score (nSPS) is 14.2. The molecule has 0 unspecified atom stereocenters. The molecular formula is C91H137BrCl2MgN21NaO20. The van der Waals surface area contributed by atoms with Crippen molar-refractivity contribution in [2.75, 3.05) is 192 Å². The van der Waals surface area contributed by atoms with Crippen LogP contribution in [0.25, 0.3) is 0 Å². The van der Waals surface area contributed by atoms with Crippen LogP contribution in [0.5, 0.6) is 0 Å². The van der Waals surface area contributed by atoms with Crippen LogP contribution in [0.3, 0.4) is 0 Å². The molecule has 5 amide bonds. The molecule has 0 radical (unpaired) electrons. The predicted octanol–water partition coefficient (Wildman–Crippen LogP) is 5.50. The summed E-state index contributed by atoms with van der Waals surface area (Å²) in [5.41, 5.74) is 2.51. The number of aromatic nitrogens is 10. The number of nitrogens with one attached hydrogen (secondary N) is 2. The van der Waals surface area contributed by atoms with Gasteiger partial charge >= 0.3 is 94.9 Å². The molecule has 6 saturated heterocycles. The fourth-order valence-electron chi connectivity index (χ4n) is 11.6. The van der Waals surface area contributed by atoms with E-state index in [2.05, 4.69) is 71.5 Å². The summed E-state index contributed by atoms with van der Waals surface area (Å²) >= 11 is 5.42. The number of nitrogens with zero attached hydrogens (tertiary/aromatic N) is 19. The smallest absolute Gasteiger partial charge is 1.00 e. The minimum atomic E-state index is -1.05. The average molecular weight is 2040 g/mol. The van der Waals surface area contributed by atoms with Gasteiger partial charge in [-0.25, -0.2) is 93.9 Å². The van der Waals surface area contributed by atoms with Gasteiger partial charge in [-0.1, -0.05) is 44.2 Å². The number of piperidine rings is 1. The summed E-state index contributed by atoms with van der Waals surface area (Å²) < 4.78 is 36.0. The van der Waals surface area contributed by atoms with E-state index < -0.39 is 40.3 Å². The minimum Gasteiger partial charge on any atom is -1.00 e. The maximum Gasteiger partial charge on any atom is 2.00 e. The van der Waals surface area contributed by atoms with Gasteiger partial charge in [0, 0.05) is 200 Å². The molecule has 0 saturated carbocycles. The Balaban J connectivity index is 0. The number of amides is 5. The van der Waals surface area contributed by atoms with E-state index >= 15 is 0 Å². The van der Waals surface area contributed by atoms with Crippen LogP contribution in [0.4, 0.5) is 43.0 Å². The summed E-state index contributed by atoms with van der Waals surface area (Å²) in [5, 5.41) is 13.3. The molecule has 46 heteroatoms. The maximum atomic E-state index is 12.4. The van der Waals surface area contributed by atoms with Gasteiger partial charge in [-0.15, -0.1) is 12.4 Å². The van der Waals surface area contributed by atoms with Gasteiger partial charge in [0.15, 0.2) is 5.78 Å². The number of hydrogen-bond acceptors (Lipinski definition) is 35. The van der Waals surface area contributed by atoms with Crippen molar-refractivity contribution >= 4 is 125 Å². The summed E-state index contributed by atoms with van der Waals surface area (Å²) in [6.45, 7) is 39.8. The Kier molecular flexibility index (Phi) is 64.5. The molecule has 6 aliphatic heterocycles. The summed E-state index contributed by atoms with van der Waals surface area (Å²) in [5.74, 6) is -0.250. The van der Waals surface area contributed by atoms with E-state index in [4.69, 9.17) is 54.7 Å². The molecule has 4 N–H and O–H groups in total. The minimum absolute atomic E-state index is 0. The number of carbonyl (C=O) groups is 9. The third-order valence-corrected chi connectivity index (χ3v) is 18.4. The van der Waals surface area contributed by atoms with Gasteiger partial charge in [0.05, 0.1) is 55.3 Å². The van der Waals surface area contributed by atoms with Gasteiger partial charge in [0.1, 0.15) is 22.4 Å². The van der Waals surface area contributed by atoms with E-state index in [0.717, 1.165) is 18.3 Å². The van der Waals surface area contributed by atoms with Crippen molar-refractivity contribution in [3.05, 3.63) is 167 Å². The van der Waals surface area contributed by atoms with E-state index in [0.29, 0.717) is 170 Å². The molecule has 0 aliphatic carbocycles. The molecular weight excluding hydrogens is 1910 g/mol. The molecule has 6 fully saturated rings. The third-order valence-electron chi connectivity index (χ3n) is 18.2. The number of rotatable bonds is 14. The van der Waals surface area contributed by atoms with Crippen molar-refractivity contribution in [3.8, 4) is 0 Å². The van der Waals surface area contributed by atoms with Crippen LogP contribution in [0.15, 0.2) is 123 Å². The van der Waals surface area contributed by atoms with Gasteiger partial charge in [-0.05, 0) is 147 Å². The summed E-state index contributed by atoms with van der Waals surface area (Å²) in [7, 11) is 6.21. The molecule has 7 aromatic rings. The Labute approximate surface area is 865 Å². The summed E-state index contributed by atoms with van der Waals surface area (Å²) in [6, 6.07) is 21.6. The van der Waals surface area contributed by atoms with Crippen molar-refractivity contribution in [2.45, 2.75) is 159 Å². The predicted molar refractivity (Wildman–Crippen MR) is 513 cm³/mol. The van der Waals surface area contributed by atoms with Gasteiger partial charge in [-0.3, -0.25) is 14.4 Å². The first-order chi connectivity index (χ1) is 62.2. The van der Waals surface area contributed by atoms with E-state index in [9.17, 15) is 43.2 Å². The second kappa shape index (κ2) is 68.3. The Bertz CT molecular complexity index is 4490. The van der Waals surface area contributed by atoms with Crippen LogP contribution in [-0.4, -0.2) is 357 Å². The number of anilines is 4. The van der Waals surface area contributed by atoms with Crippen LogP contribution in [0.1, 0.15) is 194 Å². The molecule has 13 rings (SSSR count). The number of ketones is 1. The standard InChI is InChI=1S/C20H24N4O3.C16H25N5O4.C16H24N4O4.C14H20N4O4.C7H7ClN2O2.C6H5.C5H11N.C4H8O.C2H7NO.CH4.BrH.ClH.Mg.Na.H2O/c1-20(2,3)27-19(26)24-11-9-23(10-12-24)18-21-13-16(14-22-18)17(25)15-7-5-4-6-8-15;1-16(2,3)25-15(23)21-8-6-20(7-9-21)14-17-10-12(11-18-14)13(22)19(4)24-5;1-5-23-13(21)12-10-17-14(18-11-12)19-6-8-20(9-7-19)15(22)24-16(2,3)4;1-14(2,3)22-13(21)18-6-4-17(5-7-18)12-15-8-10(9-16-12)11(19)20;1-2-12-6(11)5-3-9-7(8)10-4-5;2*1-2-4-6-5-3-1;1-2-4-5-3-1;1-3-4-2;;;;;;/h4-8,13-14H,9-12H2,1-3H3;10-11H,6-9H2,1-5H3;10-11H,5-9H2,1-4H3;8-9H,4-7H2,1-3H3,(H,19,20);3-4H,2H2,1H3;1-5H;6H,1-5H2;1-4H2;3H,1-2H3;1H4;2*1H;;;1H2/q;;;;;-1;;;;;;;+2;+1;/p-2. The molecule has 0 bridgehead atoms. The second-order valence-electron chi connectivity index (χ2n) is 33.2. The molecule has 2 aromatic carbocycles. The number of halogens is 3. The molecule has 750 valence electrons. The Morgan fingerprint density at radius 3 is 0.964 bits per heavy atom. The van der Waals surface area contributed by atoms with Crippen molar-refractivity contribution in [1.29, 1.82) is 0 Å². The van der Waals surface area contributed by atoms with Crippen LogP contribution >= 0.6 is 24.0 Å². The van der Waals surface area contributed by atoms with Gasteiger partial charge in [-0.2, -0.15) is 36.4 Å². The number of carboxylic acids is 1. The first-order valence-electron chi connectivity index (χ1n) is 43.3. The number of hydroxylamine groups is 3. The van der Waals surface area contributed by atoms with Gasteiger partial charge in [0.2, 0.25) is 29.1 Å². The molecule has 0 spiro atoms. The number of hydrogen-bond donors (Lipinski definition) is 3. The van der Waals surface area contributed by atoms with Crippen molar-refractivity contribution < 1.29 is 143 Å². The molecule has 6 aliphatic rings. The average Bonchev–Trinajstić information content (AvgIpc) is 1.34. The van der Waals surface area contributed by atoms with Gasteiger partial charge in [0.25, 0.3) is 5.91 Å².